The number of benzene rings is 1. The van der Waals surface area contributed by atoms with E-state index in [0.29, 0.717) is 18.4 Å². The van der Waals surface area contributed by atoms with Crippen LogP contribution >= 0.6 is 0 Å². The second kappa shape index (κ2) is 29.0. The van der Waals surface area contributed by atoms with Gasteiger partial charge in [-0.3, -0.25) is 48.6 Å². The maximum Gasteiger partial charge on any atom is 0.243 e. The summed E-state index contributed by atoms with van der Waals surface area (Å²) in [5, 5.41) is 35.6. The van der Waals surface area contributed by atoms with Crippen LogP contribution in [0.2, 0.25) is 0 Å². The fraction of sp³-hybridized carbons (Fsp3) is 0.610. The van der Waals surface area contributed by atoms with E-state index in [1.807, 2.05) is 13.8 Å². The van der Waals surface area contributed by atoms with E-state index in [2.05, 4.69) is 37.2 Å². The summed E-state index contributed by atoms with van der Waals surface area (Å²) in [5.74, 6) is -8.08. The number of carbonyl (C=O) groups excluding carboxylic acids is 9. The quantitative estimate of drug-likeness (QED) is 0.0200. The topological polar surface area (TPSA) is 412 Å². The number of phenols is 1. The third-order valence-electron chi connectivity index (χ3n) is 9.92. The number of nitrogens with two attached hydrogens (primary N) is 5. The Bertz CT molecular complexity index is 1760. The van der Waals surface area contributed by atoms with Crippen LogP contribution in [0, 0.1) is 17.2 Å². The fourth-order valence-electron chi connectivity index (χ4n) is 6.17. The molecule has 0 heterocycles. The lowest BCUT2D eigenvalue weighted by molar-refractivity contribution is -0.136. The van der Waals surface area contributed by atoms with Crippen LogP contribution in [0.1, 0.15) is 97.5 Å². The molecule has 0 bridgehead atoms. The van der Waals surface area contributed by atoms with Crippen LogP contribution in [0.4, 0.5) is 0 Å². The van der Waals surface area contributed by atoms with E-state index >= 15 is 0 Å². The Kier molecular flexibility index (Phi) is 25.1. The van der Waals surface area contributed by atoms with Crippen LogP contribution in [-0.2, 0) is 49.6 Å². The lowest BCUT2D eigenvalue weighted by Crippen LogP contribution is -2.60. The first-order valence-corrected chi connectivity index (χ1v) is 21.3. The van der Waals surface area contributed by atoms with Crippen LogP contribution in [0.15, 0.2) is 24.3 Å². The molecule has 0 fully saturated rings. The normalized spacial score (nSPS) is 14.2. The minimum absolute atomic E-state index is 0.0707. The van der Waals surface area contributed by atoms with Crippen molar-refractivity contribution in [3.8, 4) is 5.75 Å². The van der Waals surface area contributed by atoms with E-state index in [4.69, 9.17) is 34.1 Å². The van der Waals surface area contributed by atoms with Gasteiger partial charge in [-0.1, -0.05) is 32.9 Å². The Morgan fingerprint density at radius 2 is 1.03 bits per heavy atom. The van der Waals surface area contributed by atoms with Gasteiger partial charge in [-0.25, -0.2) is 0 Å². The van der Waals surface area contributed by atoms with E-state index in [1.54, 1.807) is 0 Å². The predicted octanol–water partition coefficient (Wildman–Crippen LogP) is -3.05. The number of hydrogen-bond acceptors (Lipinski definition) is 12. The van der Waals surface area contributed by atoms with Crippen molar-refractivity contribution in [2.75, 3.05) is 13.1 Å². The minimum Gasteiger partial charge on any atom is -0.508 e. The van der Waals surface area contributed by atoms with Crippen LogP contribution in [0.5, 0.6) is 5.75 Å². The molecule has 0 aliphatic rings. The lowest BCUT2D eigenvalue weighted by atomic mass is 10.0. The number of carbonyl (C=O) groups is 9. The molecule has 1 aromatic carbocycles. The SMILES string of the molecule is CC(C)C[C@H](NC(=O)[C@H](CCCCN)NC(=O)[C@H](CCCNC(=N)N)NC(=O)[C@H](Cc1ccc(O)cc1)NC(=O)[C@H](CCC(N)=O)NC(=O)[C@@H](C)CCC(N)=O)C(=O)N[C@@H](C)C(N)=O. The molecule has 0 unspecified atom stereocenters. The number of unbranched alkanes of at least 4 members (excludes halogenated alkanes) is 1. The van der Waals surface area contributed by atoms with Gasteiger partial charge in [-0.05, 0) is 88.4 Å². The lowest BCUT2D eigenvalue weighted by Gasteiger charge is -2.28. The van der Waals surface area contributed by atoms with E-state index in [0.717, 1.165) is 0 Å². The van der Waals surface area contributed by atoms with Crippen molar-refractivity contribution >= 4 is 59.1 Å². The van der Waals surface area contributed by atoms with Crippen LogP contribution in [0.3, 0.4) is 0 Å². The molecule has 64 heavy (non-hydrogen) atoms. The number of nitrogens with one attached hydrogen (secondary N) is 8. The van der Waals surface area contributed by atoms with Crippen molar-refractivity contribution in [3.63, 3.8) is 0 Å². The zero-order chi connectivity index (χ0) is 48.5. The Balaban J connectivity index is 3.58. The number of primary amides is 3. The van der Waals surface area contributed by atoms with E-state index in [1.165, 1.54) is 38.1 Å². The van der Waals surface area contributed by atoms with Crippen molar-refractivity contribution in [3.05, 3.63) is 29.8 Å². The largest absolute Gasteiger partial charge is 0.508 e. The van der Waals surface area contributed by atoms with Gasteiger partial charge in [0.1, 0.15) is 42.0 Å². The molecule has 0 spiro atoms. The molecule has 7 atom stereocenters. The molecule has 1 aromatic rings. The third-order valence-corrected chi connectivity index (χ3v) is 9.92. The van der Waals surface area contributed by atoms with Crippen molar-refractivity contribution in [1.82, 2.24) is 37.2 Å². The van der Waals surface area contributed by atoms with Gasteiger partial charge in [-0.15, -0.1) is 0 Å². The first-order valence-electron chi connectivity index (χ1n) is 21.3. The molecule has 0 radical (unpaired) electrons. The molecule has 23 heteroatoms. The van der Waals surface area contributed by atoms with Gasteiger partial charge in [0, 0.05) is 31.7 Å². The fourth-order valence-corrected chi connectivity index (χ4v) is 6.17. The van der Waals surface area contributed by atoms with Gasteiger partial charge < -0.3 is 71.0 Å². The van der Waals surface area contributed by atoms with Crippen molar-refractivity contribution in [2.45, 2.75) is 135 Å². The van der Waals surface area contributed by atoms with E-state index < -0.39 is 95.3 Å². The maximum absolute atomic E-state index is 14.3. The summed E-state index contributed by atoms with van der Waals surface area (Å²) in [6, 6.07) is -1.86. The second-order valence-corrected chi connectivity index (χ2v) is 16.1. The van der Waals surface area contributed by atoms with Gasteiger partial charge in [0.05, 0.1) is 0 Å². The Labute approximate surface area is 373 Å². The average molecular weight is 904 g/mol. The maximum atomic E-state index is 14.3. The molecule has 0 aliphatic carbocycles. The van der Waals surface area contributed by atoms with Gasteiger partial charge in [0.25, 0.3) is 0 Å². The molecular weight excluding hydrogens is 835 g/mol. The molecular formula is C41H69N13O10. The summed E-state index contributed by atoms with van der Waals surface area (Å²) >= 11 is 0. The number of hydrogen-bond donors (Lipinski definition) is 14. The summed E-state index contributed by atoms with van der Waals surface area (Å²) in [5.41, 5.74) is 27.5. The van der Waals surface area contributed by atoms with Crippen molar-refractivity contribution in [2.24, 2.45) is 40.5 Å². The number of amides is 9. The van der Waals surface area contributed by atoms with Crippen LogP contribution < -0.4 is 65.9 Å². The highest BCUT2D eigenvalue weighted by molar-refractivity contribution is 5.97. The summed E-state index contributed by atoms with van der Waals surface area (Å²) in [6.45, 7) is 6.94. The van der Waals surface area contributed by atoms with Gasteiger partial charge in [0.15, 0.2) is 5.96 Å². The van der Waals surface area contributed by atoms with Crippen molar-refractivity contribution < 1.29 is 48.3 Å². The third kappa shape index (κ3) is 22.5. The minimum atomic E-state index is -1.44. The molecule has 0 aromatic heterocycles. The first kappa shape index (κ1) is 55.5. The second-order valence-electron chi connectivity index (χ2n) is 16.1. The average Bonchev–Trinajstić information content (AvgIpc) is 3.21. The highest BCUT2D eigenvalue weighted by Crippen LogP contribution is 2.14. The Hall–Kier alpha value is -6.52. The van der Waals surface area contributed by atoms with Crippen LogP contribution in [-0.4, -0.2) is 114 Å². The molecule has 0 saturated heterocycles. The number of aromatic hydroxyl groups is 1. The first-order chi connectivity index (χ1) is 30.0. The number of phenolic OH excluding ortho intramolecular Hbond substituents is 1. The summed E-state index contributed by atoms with van der Waals surface area (Å²) in [4.78, 5) is 117. The molecule has 9 amide bonds. The molecule has 358 valence electrons. The molecule has 0 aliphatic heterocycles. The summed E-state index contributed by atoms with van der Waals surface area (Å²) in [6.07, 6.45) is 0.402. The number of guanidine groups is 1. The monoisotopic (exact) mass is 904 g/mol. The molecule has 0 saturated carbocycles. The van der Waals surface area contributed by atoms with Crippen molar-refractivity contribution in [1.29, 1.82) is 5.41 Å². The Morgan fingerprint density at radius 3 is 1.53 bits per heavy atom. The number of rotatable bonds is 31. The van der Waals surface area contributed by atoms with E-state index in [9.17, 15) is 48.3 Å². The highest BCUT2D eigenvalue weighted by atomic mass is 16.3. The van der Waals surface area contributed by atoms with Gasteiger partial charge >= 0.3 is 0 Å². The Morgan fingerprint density at radius 1 is 0.578 bits per heavy atom. The van der Waals surface area contributed by atoms with Gasteiger partial charge in [0.2, 0.25) is 53.2 Å². The van der Waals surface area contributed by atoms with Gasteiger partial charge in [-0.2, -0.15) is 0 Å². The highest BCUT2D eigenvalue weighted by Gasteiger charge is 2.33. The molecule has 1 rings (SSSR count). The van der Waals surface area contributed by atoms with E-state index in [-0.39, 0.29) is 88.5 Å². The smallest absolute Gasteiger partial charge is 0.243 e. The molecule has 19 N–H and O–H groups in total. The zero-order valence-electron chi connectivity index (χ0n) is 37.1. The zero-order valence-corrected chi connectivity index (χ0v) is 37.1. The molecule has 23 nitrogen and oxygen atoms in total. The summed E-state index contributed by atoms with van der Waals surface area (Å²) < 4.78 is 0. The predicted molar refractivity (Wildman–Crippen MR) is 236 cm³/mol. The summed E-state index contributed by atoms with van der Waals surface area (Å²) in [7, 11) is 0. The standard InChI is InChI=1S/C41H69N13O10/c1-22(2)20-30(39(63)49-24(4)34(45)58)53-37(61)27(8-5-6-18-42)51-36(60)28(9-7-19-48-41(46)47)52-40(64)31(21-25-11-13-26(55)14-12-25)54-38(62)29(15-17-33(44)57)50-35(59)23(3)10-16-32(43)56/h11-14,22-24,27-31,55H,5-10,15-21,42H2,1-4H3,(H2,43,56)(H2,44,57)(H2,45,58)(H,49,63)(H,50,59)(H,51,60)(H,52,64)(H,53,61)(H,54,62)(H4,46,47,48)/t23-,24-,27-,28-,29-,30-,31-/m0/s1. The van der Waals surface area contributed by atoms with Crippen LogP contribution in [0.25, 0.3) is 0 Å².